The number of halogens is 2. The summed E-state index contributed by atoms with van der Waals surface area (Å²) in [7, 11) is 8.22. The molecule has 0 aromatic carbocycles. The summed E-state index contributed by atoms with van der Waals surface area (Å²) in [6, 6.07) is 0. The molecule has 1 nitrogen and oxygen atoms in total. The second kappa shape index (κ2) is 24.0. The van der Waals surface area contributed by atoms with Crippen LogP contribution in [0.1, 0.15) is 0 Å². The minimum Gasteiger partial charge on any atom is -0.870 e. The van der Waals surface area contributed by atoms with Crippen molar-refractivity contribution in [3.63, 3.8) is 0 Å². The van der Waals surface area contributed by atoms with Gasteiger partial charge in [0.25, 0.3) is 0 Å². The van der Waals surface area contributed by atoms with Crippen LogP contribution in [0.4, 0.5) is 0 Å². The zero-order chi connectivity index (χ0) is 2.00. The summed E-state index contributed by atoms with van der Waals surface area (Å²) in [5, 5.41) is 0. The van der Waals surface area contributed by atoms with E-state index in [4.69, 9.17) is 0 Å². The minimum atomic E-state index is 0. The van der Waals surface area contributed by atoms with Gasteiger partial charge in [-0.05, 0) is 0 Å². The Labute approximate surface area is 56.5 Å². The molecule has 0 heterocycles. The SMILES string of the molecule is ClCl.[Na+].[OH-]. The molecular weight excluding hydrogens is 110 g/mol. The van der Waals surface area contributed by atoms with Crippen LogP contribution in [-0.2, 0) is 0 Å². The van der Waals surface area contributed by atoms with Crippen LogP contribution in [0.15, 0.2) is 0 Å². The van der Waals surface area contributed by atoms with E-state index in [1.807, 2.05) is 0 Å². The third kappa shape index (κ3) is 9.63. The van der Waals surface area contributed by atoms with Crippen molar-refractivity contribution in [1.29, 1.82) is 0 Å². The Bertz CT molecular complexity index is 6.00. The van der Waals surface area contributed by atoms with Gasteiger partial charge in [-0.3, -0.25) is 0 Å². The first kappa shape index (κ1) is 17.7. The Kier molecular flexibility index (Phi) is 106. The minimum absolute atomic E-state index is 0. The summed E-state index contributed by atoms with van der Waals surface area (Å²) in [5.74, 6) is 0. The van der Waals surface area contributed by atoms with Gasteiger partial charge in [0.2, 0.25) is 0 Å². The third-order valence-corrected chi connectivity index (χ3v) is 0. The third-order valence-electron chi connectivity index (χ3n) is 0. The zero-order valence-corrected chi connectivity index (χ0v) is 5.72. The average Bonchev–Trinajstić information content (AvgIpc) is 1.00. The summed E-state index contributed by atoms with van der Waals surface area (Å²) in [6.07, 6.45) is 0. The maximum atomic E-state index is 4.11. The maximum Gasteiger partial charge on any atom is 1.00 e. The molecule has 0 bridgehead atoms. The normalized spacial score (nSPS) is 1.50. The van der Waals surface area contributed by atoms with E-state index in [0.717, 1.165) is 0 Å². The molecule has 4 heteroatoms. The number of hydrogen-bond acceptors (Lipinski definition) is 1. The van der Waals surface area contributed by atoms with Crippen molar-refractivity contribution in [3.8, 4) is 0 Å². The topological polar surface area (TPSA) is 30.0 Å². The number of rotatable bonds is 0. The van der Waals surface area contributed by atoms with Crippen LogP contribution >= 0.6 is 21.7 Å². The molecule has 0 aliphatic rings. The zero-order valence-electron chi connectivity index (χ0n) is 2.20. The van der Waals surface area contributed by atoms with Gasteiger partial charge in [-0.25, -0.2) is 0 Å². The second-order valence-corrected chi connectivity index (χ2v) is 0. The Hall–Kier alpha value is 1.54. The van der Waals surface area contributed by atoms with E-state index in [1.54, 1.807) is 0 Å². The Balaban J connectivity index is -0.00000000500. The van der Waals surface area contributed by atoms with Crippen LogP contribution in [0.25, 0.3) is 0 Å². The van der Waals surface area contributed by atoms with Crippen molar-refractivity contribution >= 4 is 21.7 Å². The first-order valence-electron chi connectivity index (χ1n) is 0.143. The molecule has 0 unspecified atom stereocenters. The molecule has 0 aromatic heterocycles. The van der Waals surface area contributed by atoms with Gasteiger partial charge in [0.05, 0.1) is 0 Å². The molecule has 0 aliphatic heterocycles. The smallest absolute Gasteiger partial charge is 0.870 e. The molecule has 1 N–H and O–H groups in total. The monoisotopic (exact) mass is 110 g/mol. The fourth-order valence-corrected chi connectivity index (χ4v) is 0. The van der Waals surface area contributed by atoms with Crippen molar-refractivity contribution < 1.29 is 35.0 Å². The molecule has 22 valence electrons. The van der Waals surface area contributed by atoms with E-state index in [1.165, 1.54) is 0 Å². The van der Waals surface area contributed by atoms with Crippen molar-refractivity contribution in [2.45, 2.75) is 0 Å². The molecule has 0 saturated carbocycles. The molecule has 0 fully saturated rings. The van der Waals surface area contributed by atoms with Crippen LogP contribution in [0, 0.1) is 0 Å². The van der Waals surface area contributed by atoms with E-state index < -0.39 is 0 Å². The standard InChI is InChI=1S/Cl2.Na.H2O/c1-2;;/h;;1H2/q;+1;/p-1. The first-order chi connectivity index (χ1) is 1.00. The Morgan fingerprint density at radius 3 is 1.00 bits per heavy atom. The molecule has 0 rings (SSSR count). The molecule has 0 saturated heterocycles. The van der Waals surface area contributed by atoms with Crippen LogP contribution < -0.4 is 29.6 Å². The molecule has 0 spiro atoms. The predicted octanol–water partition coefficient (Wildman–Crippen LogP) is -1.79. The fourth-order valence-electron chi connectivity index (χ4n) is 0. The van der Waals surface area contributed by atoms with Crippen molar-refractivity contribution in [3.05, 3.63) is 0 Å². The largest absolute Gasteiger partial charge is 1.00 e. The Morgan fingerprint density at radius 2 is 1.00 bits per heavy atom. The van der Waals surface area contributed by atoms with E-state index in [0.29, 0.717) is 0 Å². The molecular formula is HCl2NaO. The summed E-state index contributed by atoms with van der Waals surface area (Å²) in [4.78, 5) is 0. The van der Waals surface area contributed by atoms with E-state index in [9.17, 15) is 0 Å². The molecule has 0 radical (unpaired) electrons. The van der Waals surface area contributed by atoms with E-state index in [2.05, 4.69) is 21.7 Å². The molecule has 0 amide bonds. The molecule has 4 heavy (non-hydrogen) atoms. The van der Waals surface area contributed by atoms with Crippen molar-refractivity contribution in [2.24, 2.45) is 0 Å². The maximum absolute atomic E-state index is 4.11. The van der Waals surface area contributed by atoms with Gasteiger partial charge >= 0.3 is 29.6 Å². The van der Waals surface area contributed by atoms with Gasteiger partial charge in [0.1, 0.15) is 0 Å². The van der Waals surface area contributed by atoms with Crippen LogP contribution in [0.2, 0.25) is 0 Å². The fraction of sp³-hybridized carbons (Fsp3) is 0. The number of hydrogen-bond donors (Lipinski definition) is 0. The van der Waals surface area contributed by atoms with Crippen molar-refractivity contribution in [2.75, 3.05) is 0 Å². The van der Waals surface area contributed by atoms with Gasteiger partial charge in [-0.1, -0.05) is 0 Å². The predicted molar refractivity (Wildman–Crippen MR) is 13.6 cm³/mol. The van der Waals surface area contributed by atoms with Crippen LogP contribution in [0.3, 0.4) is 0 Å². The summed E-state index contributed by atoms with van der Waals surface area (Å²) >= 11 is 0. The summed E-state index contributed by atoms with van der Waals surface area (Å²) < 4.78 is 0. The molecule has 0 aromatic rings. The van der Waals surface area contributed by atoms with Gasteiger partial charge in [-0.15, -0.1) is 0 Å². The first-order valence-corrected chi connectivity index (χ1v) is 1.29. The summed E-state index contributed by atoms with van der Waals surface area (Å²) in [6.45, 7) is 0. The van der Waals surface area contributed by atoms with Gasteiger partial charge < -0.3 is 5.48 Å². The van der Waals surface area contributed by atoms with Gasteiger partial charge in [-0.2, -0.15) is 0 Å². The van der Waals surface area contributed by atoms with E-state index in [-0.39, 0.29) is 35.0 Å². The average molecular weight is 111 g/mol. The van der Waals surface area contributed by atoms with Crippen LogP contribution in [-0.4, -0.2) is 5.48 Å². The van der Waals surface area contributed by atoms with Crippen molar-refractivity contribution in [1.82, 2.24) is 0 Å². The quantitative estimate of drug-likeness (QED) is 0.339. The Morgan fingerprint density at radius 1 is 1.00 bits per heavy atom. The van der Waals surface area contributed by atoms with Gasteiger partial charge in [0, 0.05) is 21.7 Å². The molecule has 0 atom stereocenters. The van der Waals surface area contributed by atoms with Crippen LogP contribution in [0.5, 0.6) is 0 Å². The van der Waals surface area contributed by atoms with E-state index >= 15 is 0 Å². The molecule has 0 aliphatic carbocycles. The van der Waals surface area contributed by atoms with Gasteiger partial charge in [0.15, 0.2) is 0 Å². The second-order valence-electron chi connectivity index (χ2n) is 0. The summed E-state index contributed by atoms with van der Waals surface area (Å²) in [5.41, 5.74) is 0.